The molecule has 2 aromatic carbocycles. The van der Waals surface area contributed by atoms with Crippen LogP contribution in [0.4, 0.5) is 5.69 Å². The van der Waals surface area contributed by atoms with Crippen molar-refractivity contribution in [2.45, 2.75) is 37.6 Å². The van der Waals surface area contributed by atoms with Crippen molar-refractivity contribution in [2.75, 3.05) is 11.2 Å². The van der Waals surface area contributed by atoms with Crippen LogP contribution in [0.5, 0.6) is 0 Å². The normalized spacial score (nSPS) is 15.7. The highest BCUT2D eigenvalue weighted by Gasteiger charge is 2.30. The Hall–Kier alpha value is -3.13. The van der Waals surface area contributed by atoms with E-state index >= 15 is 0 Å². The highest BCUT2D eigenvalue weighted by Crippen LogP contribution is 2.32. The number of amides is 1. The molecule has 7 nitrogen and oxygen atoms in total. The van der Waals surface area contributed by atoms with Crippen LogP contribution in [0.2, 0.25) is 0 Å². The van der Waals surface area contributed by atoms with Gasteiger partial charge in [-0.15, -0.1) is 5.10 Å². The lowest BCUT2D eigenvalue weighted by atomic mass is 10.1. The Morgan fingerprint density at radius 2 is 1.97 bits per heavy atom. The van der Waals surface area contributed by atoms with Crippen LogP contribution in [0, 0.1) is 0 Å². The van der Waals surface area contributed by atoms with E-state index in [0.29, 0.717) is 6.54 Å². The van der Waals surface area contributed by atoms with Gasteiger partial charge in [-0.05, 0) is 43.4 Å². The van der Waals surface area contributed by atoms with E-state index in [1.165, 1.54) is 5.56 Å². The van der Waals surface area contributed by atoms with Crippen LogP contribution in [0.3, 0.4) is 0 Å². The van der Waals surface area contributed by atoms with Gasteiger partial charge in [-0.1, -0.05) is 47.3 Å². The zero-order valence-corrected chi connectivity index (χ0v) is 17.7. The van der Waals surface area contributed by atoms with Gasteiger partial charge >= 0.3 is 0 Å². The van der Waals surface area contributed by atoms with E-state index in [1.807, 2.05) is 53.8 Å². The van der Waals surface area contributed by atoms with Gasteiger partial charge in [0.1, 0.15) is 12.2 Å². The van der Waals surface area contributed by atoms with Crippen molar-refractivity contribution in [3.05, 3.63) is 66.0 Å². The van der Waals surface area contributed by atoms with Crippen LogP contribution in [0.1, 0.15) is 18.2 Å². The van der Waals surface area contributed by atoms with E-state index in [1.54, 1.807) is 16.4 Å². The minimum absolute atomic E-state index is 0.0294. The third kappa shape index (κ3) is 3.27. The van der Waals surface area contributed by atoms with Crippen molar-refractivity contribution in [3.63, 3.8) is 0 Å². The molecule has 1 unspecified atom stereocenters. The number of carbonyl (C=O) groups is 1. The number of fused-ring (bicyclic) bond motifs is 2. The van der Waals surface area contributed by atoms with Crippen LogP contribution >= 0.6 is 11.8 Å². The Morgan fingerprint density at radius 3 is 2.83 bits per heavy atom. The number of para-hydroxylation sites is 3. The second-order valence-electron chi connectivity index (χ2n) is 7.53. The number of rotatable bonds is 5. The van der Waals surface area contributed by atoms with Crippen LogP contribution in [-0.4, -0.2) is 42.7 Å². The zero-order valence-electron chi connectivity index (χ0n) is 16.9. The largest absolute Gasteiger partial charge is 0.313 e. The summed E-state index contributed by atoms with van der Waals surface area (Å²) in [6, 6.07) is 16.3. The minimum atomic E-state index is 0.0294. The molecular weight excluding hydrogens is 396 g/mol. The molecule has 0 radical (unpaired) electrons. The van der Waals surface area contributed by atoms with E-state index in [0.717, 1.165) is 34.0 Å². The van der Waals surface area contributed by atoms with Gasteiger partial charge in [0.05, 0.1) is 23.8 Å². The Balaban J connectivity index is 1.35. The molecule has 152 valence electrons. The van der Waals surface area contributed by atoms with Gasteiger partial charge in [0.2, 0.25) is 5.91 Å². The zero-order chi connectivity index (χ0) is 20.7. The second kappa shape index (κ2) is 7.60. The molecule has 4 aromatic rings. The highest BCUT2D eigenvalue weighted by molar-refractivity contribution is 7.98. The molecular formula is C22H22N6OS. The summed E-state index contributed by atoms with van der Waals surface area (Å²) in [5.41, 5.74) is 5.05. The van der Waals surface area contributed by atoms with Gasteiger partial charge in [-0.25, -0.2) is 9.67 Å². The van der Waals surface area contributed by atoms with E-state index in [4.69, 9.17) is 0 Å². The predicted octanol–water partition coefficient (Wildman–Crippen LogP) is 3.38. The van der Waals surface area contributed by atoms with Crippen molar-refractivity contribution < 1.29 is 4.79 Å². The van der Waals surface area contributed by atoms with Crippen molar-refractivity contribution in [2.24, 2.45) is 0 Å². The lowest BCUT2D eigenvalue weighted by Crippen LogP contribution is -2.38. The second-order valence-corrected chi connectivity index (χ2v) is 8.30. The summed E-state index contributed by atoms with van der Waals surface area (Å²) >= 11 is 1.60. The number of thioether (sulfide) groups is 1. The lowest BCUT2D eigenvalue weighted by molar-refractivity contribution is -0.119. The molecule has 2 aromatic heterocycles. The van der Waals surface area contributed by atoms with Gasteiger partial charge in [-0.2, -0.15) is 0 Å². The lowest BCUT2D eigenvalue weighted by Gasteiger charge is -2.22. The first-order valence-corrected chi connectivity index (χ1v) is 11.1. The Kier molecular flexibility index (Phi) is 4.78. The fourth-order valence-electron chi connectivity index (χ4n) is 4.17. The average molecular weight is 419 g/mol. The molecule has 0 saturated heterocycles. The third-order valence-corrected chi connectivity index (χ3v) is 6.16. The fourth-order valence-corrected chi connectivity index (χ4v) is 4.75. The summed E-state index contributed by atoms with van der Waals surface area (Å²) in [4.78, 5) is 19.6. The smallest absolute Gasteiger partial charge is 0.249 e. The van der Waals surface area contributed by atoms with E-state index in [-0.39, 0.29) is 18.5 Å². The van der Waals surface area contributed by atoms with Crippen molar-refractivity contribution in [1.82, 2.24) is 24.5 Å². The van der Waals surface area contributed by atoms with Crippen LogP contribution < -0.4 is 4.90 Å². The molecule has 0 bridgehead atoms. The molecule has 0 saturated carbocycles. The number of hydrogen-bond donors (Lipinski definition) is 0. The first-order chi connectivity index (χ1) is 14.6. The van der Waals surface area contributed by atoms with Crippen molar-refractivity contribution >= 4 is 34.4 Å². The standard InChI is InChI=1S/C22H22N6OS/c1-15-11-16-7-3-5-9-19(16)28(15)21(29)14-26-12-17(24-25-26)13-27-20-10-6-4-8-18(20)23-22(27)30-2/h3-10,12,15H,11,13-14H2,1-2H3. The monoisotopic (exact) mass is 418 g/mol. The summed E-state index contributed by atoms with van der Waals surface area (Å²) in [7, 11) is 0. The number of anilines is 1. The number of hydrogen-bond acceptors (Lipinski definition) is 5. The number of aromatic nitrogens is 5. The molecule has 30 heavy (non-hydrogen) atoms. The van der Waals surface area contributed by atoms with Crippen LogP contribution in [0.15, 0.2) is 59.9 Å². The number of nitrogens with zero attached hydrogens (tertiary/aromatic N) is 6. The van der Waals surface area contributed by atoms with Gasteiger partial charge in [0.25, 0.3) is 0 Å². The molecule has 8 heteroatoms. The molecule has 0 aliphatic carbocycles. The molecule has 0 spiro atoms. The minimum Gasteiger partial charge on any atom is -0.313 e. The first kappa shape index (κ1) is 18.9. The fraction of sp³-hybridized carbons (Fsp3) is 0.273. The first-order valence-electron chi connectivity index (χ1n) is 9.92. The van der Waals surface area contributed by atoms with Gasteiger partial charge < -0.3 is 9.47 Å². The molecule has 1 aliphatic rings. The molecule has 5 rings (SSSR count). The van der Waals surface area contributed by atoms with Crippen molar-refractivity contribution in [1.29, 1.82) is 0 Å². The van der Waals surface area contributed by atoms with Gasteiger partial charge in [0.15, 0.2) is 5.16 Å². The van der Waals surface area contributed by atoms with E-state index in [2.05, 4.69) is 38.9 Å². The van der Waals surface area contributed by atoms with E-state index in [9.17, 15) is 4.79 Å². The molecule has 1 aliphatic heterocycles. The SMILES string of the molecule is CSc1nc2ccccc2n1Cc1cn(CC(=O)N2c3ccccc3CC2C)nn1. The quantitative estimate of drug-likeness (QED) is 0.465. The topological polar surface area (TPSA) is 68.8 Å². The molecule has 0 fully saturated rings. The van der Waals surface area contributed by atoms with Gasteiger partial charge in [-0.3, -0.25) is 4.79 Å². The summed E-state index contributed by atoms with van der Waals surface area (Å²) in [6.45, 7) is 2.82. The van der Waals surface area contributed by atoms with Crippen molar-refractivity contribution in [3.8, 4) is 0 Å². The summed E-state index contributed by atoms with van der Waals surface area (Å²) in [5, 5.41) is 9.44. The van der Waals surface area contributed by atoms with Gasteiger partial charge in [0, 0.05) is 11.7 Å². The summed E-state index contributed by atoms with van der Waals surface area (Å²) in [6.07, 6.45) is 4.75. The molecule has 1 atom stereocenters. The highest BCUT2D eigenvalue weighted by atomic mass is 32.2. The molecule has 1 amide bonds. The number of imidazole rings is 1. The molecule has 3 heterocycles. The number of benzene rings is 2. The summed E-state index contributed by atoms with van der Waals surface area (Å²) in [5.74, 6) is 0.0294. The van der Waals surface area contributed by atoms with Crippen LogP contribution in [0.25, 0.3) is 11.0 Å². The Labute approximate surface area is 178 Å². The maximum Gasteiger partial charge on any atom is 0.249 e. The predicted molar refractivity (Wildman–Crippen MR) is 118 cm³/mol. The Bertz CT molecular complexity index is 1230. The van der Waals surface area contributed by atoms with E-state index < -0.39 is 0 Å². The number of carbonyl (C=O) groups excluding carboxylic acids is 1. The van der Waals surface area contributed by atoms with Crippen LogP contribution in [-0.2, 0) is 24.3 Å². The Morgan fingerprint density at radius 1 is 1.17 bits per heavy atom. The maximum absolute atomic E-state index is 13.0. The third-order valence-electron chi connectivity index (χ3n) is 5.48. The maximum atomic E-state index is 13.0. The summed E-state index contributed by atoms with van der Waals surface area (Å²) < 4.78 is 3.76. The average Bonchev–Trinajstić information content (AvgIpc) is 3.43. The molecule has 0 N–H and O–H groups in total.